The molecule has 0 aliphatic carbocycles. The maximum absolute atomic E-state index is 12.0. The van der Waals surface area contributed by atoms with E-state index in [0.29, 0.717) is 19.3 Å². The van der Waals surface area contributed by atoms with Gasteiger partial charge in [-0.1, -0.05) is 12.8 Å². The number of hydrogen-bond acceptors (Lipinski definition) is 8. The number of nitrogens with two attached hydrogens (primary N) is 1. The fourth-order valence-electron chi connectivity index (χ4n) is 2.28. The third kappa shape index (κ3) is 8.14. The van der Waals surface area contributed by atoms with E-state index in [1.54, 1.807) is 34.6 Å². The molecular formula is C18H33NO7. The largest absolute Gasteiger partial charge is 0.463 e. The van der Waals surface area contributed by atoms with Crippen molar-refractivity contribution < 1.29 is 33.7 Å². The van der Waals surface area contributed by atoms with Crippen LogP contribution in [0.2, 0.25) is 0 Å². The lowest BCUT2D eigenvalue weighted by molar-refractivity contribution is -0.186. The Labute approximate surface area is 155 Å². The average Bonchev–Trinajstić information content (AvgIpc) is 2.52. The van der Waals surface area contributed by atoms with Gasteiger partial charge < -0.3 is 25.1 Å². The van der Waals surface area contributed by atoms with Crippen LogP contribution in [-0.2, 0) is 28.6 Å². The molecule has 0 aliphatic heterocycles. The van der Waals surface area contributed by atoms with Gasteiger partial charge in [0, 0.05) is 6.42 Å². The summed E-state index contributed by atoms with van der Waals surface area (Å²) < 4.78 is 14.8. The minimum Gasteiger partial charge on any atom is -0.463 e. The first kappa shape index (κ1) is 24.3. The monoisotopic (exact) mass is 375 g/mol. The topological polar surface area (TPSA) is 125 Å². The zero-order valence-corrected chi connectivity index (χ0v) is 16.5. The number of rotatable bonds is 11. The maximum Gasteiger partial charge on any atom is 0.351 e. The number of hydrogen-bond donors (Lipinski definition) is 2. The van der Waals surface area contributed by atoms with Gasteiger partial charge in [-0.05, 0) is 47.5 Å². The molecular weight excluding hydrogens is 342 g/mol. The Hall–Kier alpha value is -1.67. The number of carbonyl (C=O) groups is 3. The van der Waals surface area contributed by atoms with Crippen LogP contribution in [0.25, 0.3) is 0 Å². The second-order valence-corrected chi connectivity index (χ2v) is 7.00. The molecule has 1 atom stereocenters. The molecule has 0 aromatic carbocycles. The molecule has 8 nitrogen and oxygen atoms in total. The van der Waals surface area contributed by atoms with E-state index in [1.165, 1.54) is 0 Å². The van der Waals surface area contributed by atoms with E-state index in [9.17, 15) is 19.5 Å². The molecule has 0 aliphatic rings. The number of ether oxygens (including phenoxy) is 3. The molecule has 0 saturated carbocycles. The van der Waals surface area contributed by atoms with Crippen molar-refractivity contribution in [2.75, 3.05) is 13.2 Å². The predicted octanol–water partition coefficient (Wildman–Crippen LogP) is 1.46. The first-order chi connectivity index (χ1) is 12.0. The Morgan fingerprint density at radius 2 is 1.46 bits per heavy atom. The SMILES string of the molecule is CCOC(=O)C(O)(C(=O)OCC)C(N)CCCCCC(=O)OC(C)(C)C. The third-order valence-corrected chi connectivity index (χ3v) is 3.53. The van der Waals surface area contributed by atoms with Gasteiger partial charge in [0.1, 0.15) is 5.60 Å². The molecule has 3 N–H and O–H groups in total. The van der Waals surface area contributed by atoms with E-state index >= 15 is 0 Å². The second-order valence-electron chi connectivity index (χ2n) is 7.00. The molecule has 0 bridgehead atoms. The fourth-order valence-corrected chi connectivity index (χ4v) is 2.28. The summed E-state index contributed by atoms with van der Waals surface area (Å²) in [6.45, 7) is 8.53. The first-order valence-corrected chi connectivity index (χ1v) is 9.03. The molecule has 152 valence electrons. The van der Waals surface area contributed by atoms with Gasteiger partial charge in [0.2, 0.25) is 0 Å². The van der Waals surface area contributed by atoms with Crippen LogP contribution in [0.3, 0.4) is 0 Å². The minimum absolute atomic E-state index is 0.00313. The first-order valence-electron chi connectivity index (χ1n) is 9.03. The van der Waals surface area contributed by atoms with E-state index in [2.05, 4.69) is 0 Å². The van der Waals surface area contributed by atoms with Gasteiger partial charge in [-0.2, -0.15) is 0 Å². The maximum atomic E-state index is 12.0. The number of esters is 3. The lowest BCUT2D eigenvalue weighted by Gasteiger charge is -2.29. The quantitative estimate of drug-likeness (QED) is 0.241. The summed E-state index contributed by atoms with van der Waals surface area (Å²) in [6, 6.07) is -1.16. The predicted molar refractivity (Wildman–Crippen MR) is 95.1 cm³/mol. The van der Waals surface area contributed by atoms with Gasteiger partial charge in [-0.25, -0.2) is 9.59 Å². The molecule has 26 heavy (non-hydrogen) atoms. The summed E-state index contributed by atoms with van der Waals surface area (Å²) in [5.41, 5.74) is 2.85. The molecule has 0 fully saturated rings. The molecule has 1 unspecified atom stereocenters. The summed E-state index contributed by atoms with van der Waals surface area (Å²) >= 11 is 0. The molecule has 0 spiro atoms. The van der Waals surface area contributed by atoms with Gasteiger partial charge in [0.05, 0.1) is 19.3 Å². The Kier molecular flexibility index (Phi) is 10.4. The summed E-state index contributed by atoms with van der Waals surface area (Å²) in [7, 11) is 0. The standard InChI is InChI=1S/C18H33NO7/c1-6-24-15(21)18(23,16(22)25-7-2)13(19)11-9-8-10-12-14(20)26-17(3,4)5/h13,23H,6-12,19H2,1-5H3. The minimum atomic E-state index is -2.53. The van der Waals surface area contributed by atoms with Crippen molar-refractivity contribution in [1.29, 1.82) is 0 Å². The van der Waals surface area contributed by atoms with Crippen molar-refractivity contribution in [1.82, 2.24) is 0 Å². The second kappa shape index (κ2) is 11.1. The average molecular weight is 375 g/mol. The Morgan fingerprint density at radius 1 is 0.962 bits per heavy atom. The Bertz CT molecular complexity index is 453. The van der Waals surface area contributed by atoms with Gasteiger partial charge in [-0.15, -0.1) is 0 Å². The Morgan fingerprint density at radius 3 is 1.88 bits per heavy atom. The van der Waals surface area contributed by atoms with Gasteiger partial charge in [0.25, 0.3) is 5.60 Å². The number of carbonyl (C=O) groups excluding carboxylic acids is 3. The van der Waals surface area contributed by atoms with Crippen LogP contribution in [0.15, 0.2) is 0 Å². The highest BCUT2D eigenvalue weighted by molar-refractivity contribution is 6.04. The fraction of sp³-hybridized carbons (Fsp3) is 0.833. The smallest absolute Gasteiger partial charge is 0.351 e. The molecule has 0 heterocycles. The van der Waals surface area contributed by atoms with Crippen molar-refractivity contribution in [2.45, 2.75) is 84.0 Å². The van der Waals surface area contributed by atoms with E-state index in [4.69, 9.17) is 19.9 Å². The number of aliphatic hydroxyl groups is 1. The van der Waals surface area contributed by atoms with Crippen molar-refractivity contribution >= 4 is 17.9 Å². The van der Waals surface area contributed by atoms with Crippen LogP contribution in [0.4, 0.5) is 0 Å². The molecule has 8 heteroatoms. The third-order valence-electron chi connectivity index (χ3n) is 3.53. The lowest BCUT2D eigenvalue weighted by atomic mass is 9.90. The number of unbranched alkanes of at least 4 members (excludes halogenated alkanes) is 2. The summed E-state index contributed by atoms with van der Waals surface area (Å²) in [4.78, 5) is 35.7. The van der Waals surface area contributed by atoms with Crippen molar-refractivity contribution in [3.8, 4) is 0 Å². The zero-order chi connectivity index (χ0) is 20.4. The van der Waals surface area contributed by atoms with Crippen molar-refractivity contribution in [3.05, 3.63) is 0 Å². The van der Waals surface area contributed by atoms with Crippen molar-refractivity contribution in [2.24, 2.45) is 5.73 Å². The van der Waals surface area contributed by atoms with Crippen LogP contribution in [0, 0.1) is 0 Å². The highest BCUT2D eigenvalue weighted by atomic mass is 16.6. The lowest BCUT2D eigenvalue weighted by Crippen LogP contribution is -2.60. The molecule has 0 aromatic heterocycles. The van der Waals surface area contributed by atoms with E-state index < -0.39 is 29.2 Å². The summed E-state index contributed by atoms with van der Waals surface area (Å²) in [6.07, 6.45) is 2.20. The molecule has 0 rings (SSSR count). The van der Waals surface area contributed by atoms with Crippen LogP contribution in [0.5, 0.6) is 0 Å². The van der Waals surface area contributed by atoms with E-state index in [1.807, 2.05) is 0 Å². The van der Waals surface area contributed by atoms with E-state index in [0.717, 1.165) is 0 Å². The molecule has 0 radical (unpaired) electrons. The summed E-state index contributed by atoms with van der Waals surface area (Å²) in [5, 5.41) is 10.5. The molecule has 0 saturated heterocycles. The molecule has 0 amide bonds. The molecule has 0 aromatic rings. The van der Waals surface area contributed by atoms with E-state index in [-0.39, 0.29) is 32.0 Å². The van der Waals surface area contributed by atoms with Crippen LogP contribution in [0.1, 0.15) is 66.7 Å². The van der Waals surface area contributed by atoms with Crippen molar-refractivity contribution in [3.63, 3.8) is 0 Å². The summed E-state index contributed by atoms with van der Waals surface area (Å²) in [5.74, 6) is -2.50. The van der Waals surface area contributed by atoms with Gasteiger partial charge in [0.15, 0.2) is 0 Å². The van der Waals surface area contributed by atoms with Gasteiger partial charge >= 0.3 is 17.9 Å². The highest BCUT2D eigenvalue weighted by Crippen LogP contribution is 2.20. The zero-order valence-electron chi connectivity index (χ0n) is 16.5. The van der Waals surface area contributed by atoms with Crippen LogP contribution in [-0.4, -0.2) is 53.5 Å². The van der Waals surface area contributed by atoms with Gasteiger partial charge in [-0.3, -0.25) is 4.79 Å². The normalized spacial score (nSPS) is 13.0. The Balaban J connectivity index is 4.54. The van der Waals surface area contributed by atoms with Crippen LogP contribution < -0.4 is 5.73 Å². The van der Waals surface area contributed by atoms with Crippen LogP contribution >= 0.6 is 0 Å². The highest BCUT2D eigenvalue weighted by Gasteiger charge is 2.52.